The molecule has 0 saturated heterocycles. The molecule has 1 aliphatic rings. The monoisotopic (exact) mass is 243 g/mol. The second-order valence-electron chi connectivity index (χ2n) is 4.94. The van der Waals surface area contributed by atoms with Crippen LogP contribution in [-0.4, -0.2) is 31.0 Å². The van der Waals surface area contributed by atoms with E-state index in [-0.39, 0.29) is 6.09 Å². The van der Waals surface area contributed by atoms with Crippen LogP contribution < -0.4 is 5.32 Å². The van der Waals surface area contributed by atoms with Gasteiger partial charge in [0, 0.05) is 13.2 Å². The van der Waals surface area contributed by atoms with Crippen molar-refractivity contribution in [2.24, 2.45) is 11.8 Å². The van der Waals surface area contributed by atoms with Gasteiger partial charge in [0.1, 0.15) is 0 Å². The molecule has 0 spiro atoms. The van der Waals surface area contributed by atoms with Crippen LogP contribution in [0.5, 0.6) is 0 Å². The Bertz CT molecular complexity index is 213. The highest BCUT2D eigenvalue weighted by atomic mass is 16.5. The predicted octanol–water partition coefficient (Wildman–Crippen LogP) is 2.31. The topological polar surface area (TPSA) is 58.6 Å². The maximum Gasteiger partial charge on any atom is 0.407 e. The number of aliphatic hydroxyl groups is 1. The zero-order valence-electron chi connectivity index (χ0n) is 10.8. The van der Waals surface area contributed by atoms with Crippen LogP contribution in [0.15, 0.2) is 0 Å². The van der Waals surface area contributed by atoms with Crippen molar-refractivity contribution in [3.05, 3.63) is 0 Å². The average molecular weight is 243 g/mol. The lowest BCUT2D eigenvalue weighted by Gasteiger charge is -2.27. The van der Waals surface area contributed by atoms with Gasteiger partial charge < -0.3 is 15.2 Å². The molecule has 4 nitrogen and oxygen atoms in total. The molecule has 2 N–H and O–H groups in total. The highest BCUT2D eigenvalue weighted by Crippen LogP contribution is 2.27. The smallest absolute Gasteiger partial charge is 0.407 e. The normalized spacial score (nSPS) is 24.4. The first-order valence-electron chi connectivity index (χ1n) is 6.77. The van der Waals surface area contributed by atoms with E-state index in [1.807, 2.05) is 0 Å². The molecule has 0 aromatic rings. The Morgan fingerprint density at radius 2 is 1.94 bits per heavy atom. The van der Waals surface area contributed by atoms with E-state index in [9.17, 15) is 4.79 Å². The van der Waals surface area contributed by atoms with Crippen LogP contribution in [0.25, 0.3) is 0 Å². The van der Waals surface area contributed by atoms with E-state index in [2.05, 4.69) is 12.2 Å². The summed E-state index contributed by atoms with van der Waals surface area (Å²) in [4.78, 5) is 11.3. The van der Waals surface area contributed by atoms with Gasteiger partial charge >= 0.3 is 6.09 Å². The molecule has 1 rings (SSSR count). The van der Waals surface area contributed by atoms with E-state index in [0.29, 0.717) is 31.6 Å². The van der Waals surface area contributed by atoms with Crippen LogP contribution in [0, 0.1) is 11.8 Å². The Morgan fingerprint density at radius 1 is 1.29 bits per heavy atom. The standard InChI is InChI=1S/C13H25NO3/c1-2-3-8-17-13(16)14-9-11-4-6-12(10-15)7-5-11/h11-12,15H,2-10H2,1H3,(H,14,16). The van der Waals surface area contributed by atoms with Crippen molar-refractivity contribution in [3.63, 3.8) is 0 Å². The number of hydrogen-bond acceptors (Lipinski definition) is 3. The van der Waals surface area contributed by atoms with E-state index in [0.717, 1.165) is 38.5 Å². The van der Waals surface area contributed by atoms with E-state index in [1.165, 1.54) is 0 Å². The number of nitrogens with one attached hydrogen (secondary N) is 1. The maximum atomic E-state index is 11.3. The molecule has 0 heterocycles. The molecule has 1 amide bonds. The summed E-state index contributed by atoms with van der Waals surface area (Å²) >= 11 is 0. The van der Waals surface area contributed by atoms with Crippen molar-refractivity contribution in [2.75, 3.05) is 19.8 Å². The highest BCUT2D eigenvalue weighted by Gasteiger charge is 2.20. The zero-order chi connectivity index (χ0) is 12.5. The second kappa shape index (κ2) is 8.34. The molecule has 17 heavy (non-hydrogen) atoms. The van der Waals surface area contributed by atoms with E-state index < -0.39 is 0 Å². The van der Waals surface area contributed by atoms with Gasteiger partial charge in [0.25, 0.3) is 0 Å². The number of ether oxygens (including phenoxy) is 1. The van der Waals surface area contributed by atoms with Gasteiger partial charge in [-0.05, 0) is 43.9 Å². The third kappa shape index (κ3) is 5.91. The lowest BCUT2D eigenvalue weighted by Crippen LogP contribution is -2.32. The summed E-state index contributed by atoms with van der Waals surface area (Å²) in [5.41, 5.74) is 0. The summed E-state index contributed by atoms with van der Waals surface area (Å²) in [7, 11) is 0. The average Bonchev–Trinajstić information content (AvgIpc) is 2.37. The number of rotatable bonds is 6. The van der Waals surface area contributed by atoms with Crippen molar-refractivity contribution >= 4 is 6.09 Å². The second-order valence-corrected chi connectivity index (χ2v) is 4.94. The summed E-state index contributed by atoms with van der Waals surface area (Å²) in [6.07, 6.45) is 6.03. The van der Waals surface area contributed by atoms with Crippen LogP contribution >= 0.6 is 0 Å². The molecule has 4 heteroatoms. The molecule has 1 saturated carbocycles. The number of carbonyl (C=O) groups excluding carboxylic acids is 1. The summed E-state index contributed by atoms with van der Waals surface area (Å²) in [6.45, 7) is 3.60. The van der Waals surface area contributed by atoms with Crippen LogP contribution in [0.1, 0.15) is 45.4 Å². The Labute approximate surface area is 104 Å². The molecule has 0 radical (unpaired) electrons. The number of carbonyl (C=O) groups is 1. The fourth-order valence-electron chi connectivity index (χ4n) is 2.21. The van der Waals surface area contributed by atoms with Gasteiger partial charge in [-0.15, -0.1) is 0 Å². The number of alkyl carbamates (subject to hydrolysis) is 1. The first-order valence-corrected chi connectivity index (χ1v) is 6.77. The van der Waals surface area contributed by atoms with Crippen LogP contribution in [-0.2, 0) is 4.74 Å². The predicted molar refractivity (Wildman–Crippen MR) is 66.8 cm³/mol. The summed E-state index contributed by atoms with van der Waals surface area (Å²) in [5.74, 6) is 1.03. The Hall–Kier alpha value is -0.770. The van der Waals surface area contributed by atoms with Gasteiger partial charge in [-0.25, -0.2) is 4.79 Å². The number of hydrogen-bond donors (Lipinski definition) is 2. The fourth-order valence-corrected chi connectivity index (χ4v) is 2.21. The minimum atomic E-state index is -0.289. The molecule has 0 bridgehead atoms. The van der Waals surface area contributed by atoms with Crippen LogP contribution in [0.3, 0.4) is 0 Å². The third-order valence-corrected chi connectivity index (χ3v) is 3.49. The first-order chi connectivity index (χ1) is 8.26. The largest absolute Gasteiger partial charge is 0.450 e. The highest BCUT2D eigenvalue weighted by molar-refractivity contribution is 5.67. The fraction of sp³-hybridized carbons (Fsp3) is 0.923. The summed E-state index contributed by atoms with van der Waals surface area (Å²) in [6, 6.07) is 0. The van der Waals surface area contributed by atoms with E-state index in [4.69, 9.17) is 9.84 Å². The van der Waals surface area contributed by atoms with Crippen molar-refractivity contribution in [2.45, 2.75) is 45.4 Å². The summed E-state index contributed by atoms with van der Waals surface area (Å²) in [5, 5.41) is 11.8. The van der Waals surface area contributed by atoms with Gasteiger partial charge in [0.2, 0.25) is 0 Å². The zero-order valence-corrected chi connectivity index (χ0v) is 10.8. The maximum absolute atomic E-state index is 11.3. The van der Waals surface area contributed by atoms with E-state index in [1.54, 1.807) is 0 Å². The Balaban J connectivity index is 2.04. The molecule has 1 fully saturated rings. The van der Waals surface area contributed by atoms with E-state index >= 15 is 0 Å². The SMILES string of the molecule is CCCCOC(=O)NCC1CCC(CO)CC1. The number of aliphatic hydroxyl groups excluding tert-OH is 1. The Morgan fingerprint density at radius 3 is 2.53 bits per heavy atom. The third-order valence-electron chi connectivity index (χ3n) is 3.49. The van der Waals surface area contributed by atoms with Crippen molar-refractivity contribution in [1.82, 2.24) is 5.32 Å². The molecule has 0 aromatic heterocycles. The van der Waals surface area contributed by atoms with Gasteiger partial charge in [-0.3, -0.25) is 0 Å². The van der Waals surface area contributed by atoms with Crippen molar-refractivity contribution < 1.29 is 14.6 Å². The number of unbranched alkanes of at least 4 members (excludes halogenated alkanes) is 1. The van der Waals surface area contributed by atoms with Gasteiger partial charge in [0.15, 0.2) is 0 Å². The minimum absolute atomic E-state index is 0.289. The Kier molecular flexibility index (Phi) is 7.01. The van der Waals surface area contributed by atoms with Gasteiger partial charge in [-0.1, -0.05) is 13.3 Å². The lowest BCUT2D eigenvalue weighted by molar-refractivity contribution is 0.136. The summed E-state index contributed by atoms with van der Waals surface area (Å²) < 4.78 is 5.03. The minimum Gasteiger partial charge on any atom is -0.450 e. The molecule has 0 aliphatic heterocycles. The molecule has 0 unspecified atom stereocenters. The van der Waals surface area contributed by atoms with Gasteiger partial charge in [0.05, 0.1) is 6.61 Å². The first kappa shape index (κ1) is 14.3. The quantitative estimate of drug-likeness (QED) is 0.704. The van der Waals surface area contributed by atoms with Crippen molar-refractivity contribution in [3.8, 4) is 0 Å². The molecular weight excluding hydrogens is 218 g/mol. The molecule has 1 aliphatic carbocycles. The van der Waals surface area contributed by atoms with Crippen molar-refractivity contribution in [1.29, 1.82) is 0 Å². The molecule has 0 aromatic carbocycles. The molecule has 0 atom stereocenters. The molecule has 100 valence electrons. The van der Waals surface area contributed by atoms with Gasteiger partial charge in [-0.2, -0.15) is 0 Å². The molecular formula is C13H25NO3. The van der Waals surface area contributed by atoms with Crippen LogP contribution in [0.4, 0.5) is 4.79 Å². The lowest BCUT2D eigenvalue weighted by atomic mass is 9.82. The van der Waals surface area contributed by atoms with Crippen LogP contribution in [0.2, 0.25) is 0 Å². The number of amides is 1.